The highest BCUT2D eigenvalue weighted by molar-refractivity contribution is 5.94. The Bertz CT molecular complexity index is 654. The Labute approximate surface area is 159 Å². The molecule has 0 radical (unpaired) electrons. The van der Waals surface area contributed by atoms with Gasteiger partial charge in [0.15, 0.2) is 0 Å². The summed E-state index contributed by atoms with van der Waals surface area (Å²) in [5, 5.41) is 5.48. The molecule has 7 heteroatoms. The van der Waals surface area contributed by atoms with Crippen LogP contribution in [0.5, 0.6) is 0 Å². The number of carbonyl (C=O) groups is 2. The van der Waals surface area contributed by atoms with Gasteiger partial charge in [-0.15, -0.1) is 0 Å². The molecule has 1 fully saturated rings. The fraction of sp³-hybridized carbons (Fsp3) is 0.600. The standard InChI is InChI=1S/C20H29F2N3O2/c1-14-5-4-10-25(13-14)15(2)12-24-19(26)6-3-9-23-20(27)17-8-7-16(21)11-18(17)22/h7-8,11,14-15H,3-6,9-10,12-13H2,1-2H3,(H,23,27)(H,24,26). The number of halogens is 2. The van der Waals surface area contributed by atoms with Crippen molar-refractivity contribution in [3.63, 3.8) is 0 Å². The van der Waals surface area contributed by atoms with E-state index in [2.05, 4.69) is 29.4 Å². The fourth-order valence-corrected chi connectivity index (χ4v) is 3.32. The van der Waals surface area contributed by atoms with E-state index in [0.29, 0.717) is 31.0 Å². The number of nitrogens with zero attached hydrogens (tertiary/aromatic N) is 1. The van der Waals surface area contributed by atoms with E-state index in [1.165, 1.54) is 12.8 Å². The minimum atomic E-state index is -0.897. The monoisotopic (exact) mass is 381 g/mol. The van der Waals surface area contributed by atoms with Crippen molar-refractivity contribution in [2.45, 2.75) is 45.6 Å². The molecule has 1 saturated heterocycles. The summed E-state index contributed by atoms with van der Waals surface area (Å²) >= 11 is 0. The Morgan fingerprint density at radius 3 is 2.78 bits per heavy atom. The number of benzene rings is 1. The van der Waals surface area contributed by atoms with Gasteiger partial charge in [-0.2, -0.15) is 0 Å². The van der Waals surface area contributed by atoms with E-state index < -0.39 is 17.5 Å². The van der Waals surface area contributed by atoms with E-state index in [0.717, 1.165) is 25.2 Å². The lowest BCUT2D eigenvalue weighted by Gasteiger charge is -2.35. The predicted molar refractivity (Wildman–Crippen MR) is 100 cm³/mol. The zero-order valence-electron chi connectivity index (χ0n) is 16.1. The zero-order valence-corrected chi connectivity index (χ0v) is 16.1. The van der Waals surface area contributed by atoms with Crippen molar-refractivity contribution in [1.29, 1.82) is 0 Å². The van der Waals surface area contributed by atoms with Crippen LogP contribution in [0.15, 0.2) is 18.2 Å². The third-order valence-electron chi connectivity index (χ3n) is 4.95. The van der Waals surface area contributed by atoms with Gasteiger partial charge in [-0.25, -0.2) is 8.78 Å². The molecule has 2 rings (SSSR count). The number of hydrogen-bond acceptors (Lipinski definition) is 3. The third kappa shape index (κ3) is 6.90. The van der Waals surface area contributed by atoms with Crippen molar-refractivity contribution >= 4 is 11.8 Å². The van der Waals surface area contributed by atoms with Crippen LogP contribution < -0.4 is 10.6 Å². The van der Waals surface area contributed by atoms with Gasteiger partial charge in [-0.1, -0.05) is 6.92 Å². The summed E-state index contributed by atoms with van der Waals surface area (Å²) in [5.41, 5.74) is -0.203. The van der Waals surface area contributed by atoms with E-state index >= 15 is 0 Å². The molecular formula is C20H29F2N3O2. The summed E-state index contributed by atoms with van der Waals surface area (Å²) in [6, 6.07) is 3.12. The number of carbonyl (C=O) groups excluding carboxylic acids is 2. The second-order valence-electron chi connectivity index (χ2n) is 7.38. The Morgan fingerprint density at radius 1 is 1.30 bits per heavy atom. The molecule has 1 aliphatic rings. The lowest BCUT2D eigenvalue weighted by molar-refractivity contribution is -0.121. The van der Waals surface area contributed by atoms with E-state index in [4.69, 9.17) is 0 Å². The molecule has 5 nitrogen and oxygen atoms in total. The zero-order chi connectivity index (χ0) is 19.8. The van der Waals surface area contributed by atoms with Gasteiger partial charge in [-0.3, -0.25) is 14.5 Å². The lowest BCUT2D eigenvalue weighted by Crippen LogP contribution is -2.46. The molecule has 150 valence electrons. The first kappa shape index (κ1) is 21.3. The van der Waals surface area contributed by atoms with Gasteiger partial charge in [0, 0.05) is 38.2 Å². The predicted octanol–water partition coefficient (Wildman–Crippen LogP) is 2.71. The number of hydrogen-bond donors (Lipinski definition) is 2. The van der Waals surface area contributed by atoms with Gasteiger partial charge in [0.2, 0.25) is 5.91 Å². The number of rotatable bonds is 8. The fourth-order valence-electron chi connectivity index (χ4n) is 3.32. The molecule has 0 spiro atoms. The molecule has 2 unspecified atom stereocenters. The molecule has 0 saturated carbocycles. The Balaban J connectivity index is 1.62. The van der Waals surface area contributed by atoms with Crippen molar-refractivity contribution in [1.82, 2.24) is 15.5 Å². The maximum Gasteiger partial charge on any atom is 0.254 e. The summed E-state index contributed by atoms with van der Waals surface area (Å²) in [6.07, 6.45) is 3.21. The highest BCUT2D eigenvalue weighted by Crippen LogP contribution is 2.17. The van der Waals surface area contributed by atoms with Crippen LogP contribution in [0.25, 0.3) is 0 Å². The number of amides is 2. The molecule has 1 aliphatic heterocycles. The average Bonchev–Trinajstić information content (AvgIpc) is 2.63. The van der Waals surface area contributed by atoms with Crippen molar-refractivity contribution in [2.24, 2.45) is 5.92 Å². The van der Waals surface area contributed by atoms with E-state index in [9.17, 15) is 18.4 Å². The summed E-state index contributed by atoms with van der Waals surface area (Å²) in [7, 11) is 0. The van der Waals surface area contributed by atoms with Crippen LogP contribution in [0.1, 0.15) is 49.9 Å². The summed E-state index contributed by atoms with van der Waals surface area (Å²) in [4.78, 5) is 26.2. The second-order valence-corrected chi connectivity index (χ2v) is 7.38. The highest BCUT2D eigenvalue weighted by Gasteiger charge is 2.21. The average molecular weight is 381 g/mol. The van der Waals surface area contributed by atoms with Gasteiger partial charge in [0.1, 0.15) is 11.6 Å². The van der Waals surface area contributed by atoms with Crippen molar-refractivity contribution in [2.75, 3.05) is 26.2 Å². The van der Waals surface area contributed by atoms with Gasteiger partial charge in [0.25, 0.3) is 5.91 Å². The second kappa shape index (κ2) is 10.3. The van der Waals surface area contributed by atoms with Crippen molar-refractivity contribution < 1.29 is 18.4 Å². The molecule has 1 heterocycles. The van der Waals surface area contributed by atoms with E-state index in [1.807, 2.05) is 0 Å². The minimum Gasteiger partial charge on any atom is -0.355 e. The topological polar surface area (TPSA) is 61.4 Å². The van der Waals surface area contributed by atoms with Crippen molar-refractivity contribution in [3.8, 4) is 0 Å². The van der Waals surface area contributed by atoms with Gasteiger partial charge < -0.3 is 10.6 Å². The maximum absolute atomic E-state index is 13.5. The quantitative estimate of drug-likeness (QED) is 0.681. The molecule has 0 bridgehead atoms. The molecule has 0 aliphatic carbocycles. The molecule has 2 atom stereocenters. The van der Waals surface area contributed by atoms with E-state index in [1.54, 1.807) is 0 Å². The molecular weight excluding hydrogens is 352 g/mol. The largest absolute Gasteiger partial charge is 0.355 e. The van der Waals surface area contributed by atoms with Crippen LogP contribution in [0.3, 0.4) is 0 Å². The van der Waals surface area contributed by atoms with Crippen LogP contribution in [-0.2, 0) is 4.79 Å². The summed E-state index contributed by atoms with van der Waals surface area (Å²) < 4.78 is 26.4. The van der Waals surface area contributed by atoms with Crippen LogP contribution >= 0.6 is 0 Å². The van der Waals surface area contributed by atoms with Crippen LogP contribution in [0.2, 0.25) is 0 Å². The van der Waals surface area contributed by atoms with Gasteiger partial charge in [0.05, 0.1) is 5.56 Å². The molecule has 2 amide bonds. The minimum absolute atomic E-state index is 0.0610. The number of nitrogens with one attached hydrogen (secondary N) is 2. The van der Waals surface area contributed by atoms with Gasteiger partial charge in [-0.05, 0) is 50.8 Å². The molecule has 2 N–H and O–H groups in total. The van der Waals surface area contributed by atoms with Gasteiger partial charge >= 0.3 is 0 Å². The van der Waals surface area contributed by atoms with Crippen LogP contribution in [-0.4, -0.2) is 48.9 Å². The number of likely N-dealkylation sites (tertiary alicyclic amines) is 1. The first-order valence-corrected chi connectivity index (χ1v) is 9.61. The molecule has 27 heavy (non-hydrogen) atoms. The van der Waals surface area contributed by atoms with Crippen LogP contribution in [0, 0.1) is 17.6 Å². The highest BCUT2D eigenvalue weighted by atomic mass is 19.1. The summed E-state index contributed by atoms with van der Waals surface area (Å²) in [6.45, 7) is 7.39. The third-order valence-corrected chi connectivity index (χ3v) is 4.95. The molecule has 0 aromatic heterocycles. The lowest BCUT2D eigenvalue weighted by atomic mass is 9.99. The number of piperidine rings is 1. The molecule has 1 aromatic carbocycles. The Morgan fingerprint density at radius 2 is 2.07 bits per heavy atom. The van der Waals surface area contributed by atoms with Crippen LogP contribution in [0.4, 0.5) is 8.78 Å². The normalized spacial score (nSPS) is 18.7. The van der Waals surface area contributed by atoms with E-state index in [-0.39, 0.29) is 24.4 Å². The maximum atomic E-state index is 13.5. The smallest absolute Gasteiger partial charge is 0.254 e. The first-order valence-electron chi connectivity index (χ1n) is 9.61. The first-order chi connectivity index (χ1) is 12.9. The Hall–Kier alpha value is -2.02. The summed E-state index contributed by atoms with van der Waals surface area (Å²) in [5.74, 6) is -1.60. The SMILES string of the molecule is CC1CCCN(C(C)CNC(=O)CCCNC(=O)c2ccc(F)cc2F)C1. The Kier molecular flexibility index (Phi) is 8.16. The molecule has 1 aromatic rings. The van der Waals surface area contributed by atoms with Crippen molar-refractivity contribution in [3.05, 3.63) is 35.4 Å².